The average Bonchev–Trinajstić information content (AvgIpc) is 2.79. The summed E-state index contributed by atoms with van der Waals surface area (Å²) < 4.78 is 32.4. The first-order valence-corrected chi connectivity index (χ1v) is 13.4. The van der Waals surface area contributed by atoms with Gasteiger partial charge in [-0.1, -0.05) is 36.4 Å². The maximum atomic E-state index is 12.7. The monoisotopic (exact) mass is 494 g/mol. The summed E-state index contributed by atoms with van der Waals surface area (Å²) in [4.78, 5) is 12.7. The summed E-state index contributed by atoms with van der Waals surface area (Å²) in [6.45, 7) is 10.3. The van der Waals surface area contributed by atoms with Crippen LogP contribution in [0, 0.1) is 27.7 Å². The number of amides is 1. The molecular formula is C28H34N2O4S. The number of aryl methyl sites for hydroxylation is 4. The van der Waals surface area contributed by atoms with Gasteiger partial charge in [-0.15, -0.1) is 0 Å². The Morgan fingerprint density at radius 2 is 1.54 bits per heavy atom. The fourth-order valence-corrected chi connectivity index (χ4v) is 4.87. The van der Waals surface area contributed by atoms with E-state index in [1.165, 1.54) is 16.1 Å². The fourth-order valence-electron chi connectivity index (χ4n) is 3.86. The largest absolute Gasteiger partial charge is 0.491 e. The number of anilines is 1. The smallest absolute Gasteiger partial charge is 0.251 e. The first kappa shape index (κ1) is 26.3. The molecule has 3 aromatic rings. The van der Waals surface area contributed by atoms with Crippen LogP contribution in [0.1, 0.15) is 45.1 Å². The van der Waals surface area contributed by atoms with Gasteiger partial charge in [-0.2, -0.15) is 0 Å². The quantitative estimate of drug-likeness (QED) is 0.450. The van der Waals surface area contributed by atoms with Crippen LogP contribution in [-0.4, -0.2) is 33.2 Å². The van der Waals surface area contributed by atoms with Crippen molar-refractivity contribution in [3.05, 3.63) is 94.0 Å². The number of sulfonamides is 1. The molecule has 0 fully saturated rings. The molecule has 3 aromatic carbocycles. The molecule has 0 heterocycles. The van der Waals surface area contributed by atoms with E-state index >= 15 is 0 Å². The molecule has 3 rings (SSSR count). The lowest BCUT2D eigenvalue weighted by molar-refractivity contribution is 0.0926. The molecular weight excluding hydrogens is 460 g/mol. The van der Waals surface area contributed by atoms with E-state index in [2.05, 4.69) is 12.2 Å². The van der Waals surface area contributed by atoms with Gasteiger partial charge in [-0.3, -0.25) is 9.10 Å². The fraction of sp³-hybridized carbons (Fsp3) is 0.321. The van der Waals surface area contributed by atoms with Crippen LogP contribution < -0.4 is 14.4 Å². The maximum absolute atomic E-state index is 12.7. The molecule has 186 valence electrons. The SMILES string of the molecule is Cc1ccc(OC[C@@H](C)NC(=O)c2ccc(CN(c3c(C)cccc3C)S(C)(=O)=O)cc2)cc1C. The minimum absolute atomic E-state index is 0.187. The van der Waals surface area contributed by atoms with Crippen LogP contribution in [0.15, 0.2) is 60.7 Å². The number of nitrogens with zero attached hydrogens (tertiary/aromatic N) is 1. The van der Waals surface area contributed by atoms with Crippen LogP contribution in [0.2, 0.25) is 0 Å². The summed E-state index contributed by atoms with van der Waals surface area (Å²) in [6, 6.07) is 18.5. The molecule has 0 bridgehead atoms. The third-order valence-electron chi connectivity index (χ3n) is 5.99. The van der Waals surface area contributed by atoms with Gasteiger partial charge in [0, 0.05) is 5.56 Å². The number of carbonyl (C=O) groups excluding carboxylic acids is 1. The molecule has 0 aliphatic heterocycles. The van der Waals surface area contributed by atoms with Crippen molar-refractivity contribution in [2.75, 3.05) is 17.2 Å². The summed E-state index contributed by atoms with van der Waals surface area (Å²) in [6.07, 6.45) is 1.21. The minimum Gasteiger partial charge on any atom is -0.491 e. The van der Waals surface area contributed by atoms with Crippen molar-refractivity contribution in [2.24, 2.45) is 0 Å². The third kappa shape index (κ3) is 6.85. The molecule has 1 atom stereocenters. The number of rotatable bonds is 9. The van der Waals surface area contributed by atoms with Crippen LogP contribution in [-0.2, 0) is 16.6 Å². The summed E-state index contributed by atoms with van der Waals surface area (Å²) in [5.74, 6) is 0.570. The number of ether oxygens (including phenoxy) is 1. The van der Waals surface area contributed by atoms with Gasteiger partial charge < -0.3 is 10.1 Å². The Balaban J connectivity index is 1.65. The maximum Gasteiger partial charge on any atom is 0.251 e. The Morgan fingerprint density at radius 1 is 0.914 bits per heavy atom. The highest BCUT2D eigenvalue weighted by molar-refractivity contribution is 7.92. The van der Waals surface area contributed by atoms with E-state index in [0.717, 1.165) is 28.0 Å². The van der Waals surface area contributed by atoms with Gasteiger partial charge in [-0.05, 0) is 86.7 Å². The predicted octanol–water partition coefficient (Wildman–Crippen LogP) is 5.08. The summed E-state index contributed by atoms with van der Waals surface area (Å²) >= 11 is 0. The van der Waals surface area contributed by atoms with Gasteiger partial charge in [0.1, 0.15) is 12.4 Å². The van der Waals surface area contributed by atoms with E-state index in [4.69, 9.17) is 4.74 Å². The van der Waals surface area contributed by atoms with E-state index in [-0.39, 0.29) is 18.5 Å². The number of carbonyl (C=O) groups is 1. The van der Waals surface area contributed by atoms with E-state index in [0.29, 0.717) is 17.9 Å². The highest BCUT2D eigenvalue weighted by Gasteiger charge is 2.21. The van der Waals surface area contributed by atoms with Crippen LogP contribution in [0.3, 0.4) is 0 Å². The molecule has 0 spiro atoms. The Kier molecular flexibility index (Phi) is 8.22. The number of nitrogens with one attached hydrogen (secondary N) is 1. The van der Waals surface area contributed by atoms with Crippen LogP contribution >= 0.6 is 0 Å². The normalized spacial score (nSPS) is 12.2. The topological polar surface area (TPSA) is 75.7 Å². The van der Waals surface area contributed by atoms with Crippen molar-refractivity contribution in [2.45, 2.75) is 47.2 Å². The Bertz CT molecular complexity index is 1280. The zero-order valence-corrected chi connectivity index (χ0v) is 22.1. The molecule has 1 amide bonds. The standard InChI is InChI=1S/C28H34N2O4S/c1-19-10-15-26(16-22(19)4)34-18-23(5)29-28(31)25-13-11-24(12-14-25)17-30(35(6,32)33)27-20(2)8-7-9-21(27)3/h7-16,23H,17-18H2,1-6H3,(H,29,31)/t23-/m1/s1. The highest BCUT2D eigenvalue weighted by Crippen LogP contribution is 2.28. The summed E-state index contributed by atoms with van der Waals surface area (Å²) in [5, 5.41) is 2.95. The van der Waals surface area contributed by atoms with Crippen molar-refractivity contribution in [1.82, 2.24) is 5.32 Å². The van der Waals surface area contributed by atoms with E-state index in [1.807, 2.05) is 64.1 Å². The molecule has 0 radical (unpaired) electrons. The van der Waals surface area contributed by atoms with Gasteiger partial charge >= 0.3 is 0 Å². The zero-order valence-electron chi connectivity index (χ0n) is 21.3. The highest BCUT2D eigenvalue weighted by atomic mass is 32.2. The van der Waals surface area contributed by atoms with Crippen molar-refractivity contribution in [1.29, 1.82) is 0 Å². The van der Waals surface area contributed by atoms with Crippen molar-refractivity contribution in [3.8, 4) is 5.75 Å². The van der Waals surface area contributed by atoms with Gasteiger partial charge in [0.25, 0.3) is 5.91 Å². The Morgan fingerprint density at radius 3 is 2.11 bits per heavy atom. The predicted molar refractivity (Wildman–Crippen MR) is 142 cm³/mol. The minimum atomic E-state index is -3.50. The van der Waals surface area contributed by atoms with E-state index in [9.17, 15) is 13.2 Å². The van der Waals surface area contributed by atoms with E-state index < -0.39 is 10.0 Å². The molecule has 1 N–H and O–H groups in total. The lowest BCUT2D eigenvalue weighted by Gasteiger charge is -2.26. The lowest BCUT2D eigenvalue weighted by Crippen LogP contribution is -2.36. The molecule has 0 aromatic heterocycles. The molecule has 0 saturated heterocycles. The average molecular weight is 495 g/mol. The number of para-hydroxylation sites is 1. The van der Waals surface area contributed by atoms with Gasteiger partial charge in [-0.25, -0.2) is 8.42 Å². The Hall–Kier alpha value is -3.32. The first-order valence-electron chi connectivity index (χ1n) is 11.6. The number of hydrogen-bond donors (Lipinski definition) is 1. The molecule has 7 heteroatoms. The van der Waals surface area contributed by atoms with Crippen molar-refractivity contribution in [3.63, 3.8) is 0 Å². The zero-order chi connectivity index (χ0) is 25.8. The lowest BCUT2D eigenvalue weighted by atomic mass is 10.1. The molecule has 6 nitrogen and oxygen atoms in total. The second-order valence-electron chi connectivity index (χ2n) is 9.14. The summed E-state index contributed by atoms with van der Waals surface area (Å²) in [7, 11) is -3.50. The molecule has 0 aliphatic carbocycles. The first-order chi connectivity index (χ1) is 16.5. The molecule has 0 aliphatic rings. The molecule has 0 unspecified atom stereocenters. The van der Waals surface area contributed by atoms with Crippen LogP contribution in [0.25, 0.3) is 0 Å². The third-order valence-corrected chi connectivity index (χ3v) is 7.10. The Labute approximate surface area is 209 Å². The van der Waals surface area contributed by atoms with E-state index in [1.54, 1.807) is 24.3 Å². The second-order valence-corrected chi connectivity index (χ2v) is 11.0. The van der Waals surface area contributed by atoms with Gasteiger partial charge in [0.05, 0.1) is 24.5 Å². The number of hydrogen-bond acceptors (Lipinski definition) is 4. The molecule has 35 heavy (non-hydrogen) atoms. The summed E-state index contributed by atoms with van der Waals surface area (Å²) in [5.41, 5.74) is 6.13. The van der Waals surface area contributed by atoms with Crippen LogP contribution in [0.5, 0.6) is 5.75 Å². The van der Waals surface area contributed by atoms with Gasteiger partial charge in [0.15, 0.2) is 0 Å². The van der Waals surface area contributed by atoms with Crippen molar-refractivity contribution >= 4 is 21.6 Å². The second kappa shape index (κ2) is 11.0. The van der Waals surface area contributed by atoms with Gasteiger partial charge in [0.2, 0.25) is 10.0 Å². The van der Waals surface area contributed by atoms with Crippen LogP contribution in [0.4, 0.5) is 5.69 Å². The number of benzene rings is 3. The molecule has 0 saturated carbocycles. The van der Waals surface area contributed by atoms with Crippen molar-refractivity contribution < 1.29 is 17.9 Å².